The number of esters is 1. The SMILES string of the molecule is CCCCCCc1nc(CC(=O)OC)c(C)o1. The number of aryl methyl sites for hydroxylation is 2. The van der Waals surface area contributed by atoms with Gasteiger partial charge < -0.3 is 9.15 Å². The zero-order valence-corrected chi connectivity index (χ0v) is 10.9. The maximum Gasteiger partial charge on any atom is 0.311 e. The van der Waals surface area contributed by atoms with E-state index in [1.807, 2.05) is 6.92 Å². The van der Waals surface area contributed by atoms with Crippen LogP contribution in [0.4, 0.5) is 0 Å². The molecule has 0 aromatic carbocycles. The summed E-state index contributed by atoms with van der Waals surface area (Å²) in [4.78, 5) is 15.5. The molecule has 17 heavy (non-hydrogen) atoms. The fourth-order valence-corrected chi connectivity index (χ4v) is 1.67. The normalized spacial score (nSPS) is 10.5. The van der Waals surface area contributed by atoms with E-state index in [9.17, 15) is 4.79 Å². The highest BCUT2D eigenvalue weighted by molar-refractivity contribution is 5.71. The predicted molar refractivity (Wildman–Crippen MR) is 64.8 cm³/mol. The maximum absolute atomic E-state index is 11.1. The van der Waals surface area contributed by atoms with E-state index in [4.69, 9.17) is 4.42 Å². The van der Waals surface area contributed by atoms with Gasteiger partial charge in [0.15, 0.2) is 5.89 Å². The van der Waals surface area contributed by atoms with Crippen molar-refractivity contribution in [1.82, 2.24) is 4.98 Å². The summed E-state index contributed by atoms with van der Waals surface area (Å²) in [7, 11) is 1.38. The second-order valence-corrected chi connectivity index (χ2v) is 4.17. The molecule has 0 aliphatic heterocycles. The van der Waals surface area contributed by atoms with Crippen LogP contribution in [0.25, 0.3) is 0 Å². The third-order valence-corrected chi connectivity index (χ3v) is 2.72. The number of carbonyl (C=O) groups is 1. The van der Waals surface area contributed by atoms with Gasteiger partial charge in [-0.3, -0.25) is 4.79 Å². The van der Waals surface area contributed by atoms with Gasteiger partial charge in [0.25, 0.3) is 0 Å². The van der Waals surface area contributed by atoms with Crippen molar-refractivity contribution < 1.29 is 13.9 Å². The number of hydrogen-bond acceptors (Lipinski definition) is 4. The van der Waals surface area contributed by atoms with Crippen molar-refractivity contribution in [1.29, 1.82) is 0 Å². The fourth-order valence-electron chi connectivity index (χ4n) is 1.67. The van der Waals surface area contributed by atoms with Crippen LogP contribution >= 0.6 is 0 Å². The first-order chi connectivity index (χ1) is 8.17. The van der Waals surface area contributed by atoms with Crippen LogP contribution in [0.3, 0.4) is 0 Å². The Morgan fingerprint density at radius 3 is 2.76 bits per heavy atom. The number of ether oxygens (including phenoxy) is 1. The molecule has 4 nitrogen and oxygen atoms in total. The molecule has 1 heterocycles. The number of carbonyl (C=O) groups excluding carboxylic acids is 1. The fraction of sp³-hybridized carbons (Fsp3) is 0.692. The topological polar surface area (TPSA) is 52.3 Å². The molecular formula is C13H21NO3. The summed E-state index contributed by atoms with van der Waals surface area (Å²) in [5.41, 5.74) is 0.697. The lowest BCUT2D eigenvalue weighted by atomic mass is 10.1. The van der Waals surface area contributed by atoms with Crippen LogP contribution in [0.15, 0.2) is 4.42 Å². The zero-order chi connectivity index (χ0) is 12.7. The monoisotopic (exact) mass is 239 g/mol. The van der Waals surface area contributed by atoms with Gasteiger partial charge in [-0.15, -0.1) is 0 Å². The molecule has 0 saturated carbocycles. The first-order valence-electron chi connectivity index (χ1n) is 6.19. The van der Waals surface area contributed by atoms with Crippen molar-refractivity contribution in [3.63, 3.8) is 0 Å². The van der Waals surface area contributed by atoms with Crippen LogP contribution in [0, 0.1) is 6.92 Å². The number of oxazole rings is 1. The lowest BCUT2D eigenvalue weighted by Gasteiger charge is -1.95. The van der Waals surface area contributed by atoms with E-state index in [0.717, 1.165) is 24.5 Å². The number of aromatic nitrogens is 1. The summed E-state index contributed by atoms with van der Waals surface area (Å²) < 4.78 is 10.1. The molecule has 0 fully saturated rings. The molecule has 0 atom stereocenters. The Labute approximate surface area is 102 Å². The summed E-state index contributed by atoms with van der Waals surface area (Å²) in [6.07, 6.45) is 5.80. The summed E-state index contributed by atoms with van der Waals surface area (Å²) in [5.74, 6) is 1.18. The maximum atomic E-state index is 11.1. The molecule has 1 rings (SSSR count). The highest BCUT2D eigenvalue weighted by Gasteiger charge is 2.13. The minimum atomic E-state index is -0.279. The molecule has 0 aliphatic rings. The molecule has 0 bridgehead atoms. The summed E-state index contributed by atoms with van der Waals surface area (Å²) in [5, 5.41) is 0. The molecule has 0 saturated heterocycles. The molecule has 96 valence electrons. The Balaban J connectivity index is 2.47. The van der Waals surface area contributed by atoms with Gasteiger partial charge in [0.2, 0.25) is 0 Å². The van der Waals surface area contributed by atoms with Crippen molar-refractivity contribution in [3.8, 4) is 0 Å². The van der Waals surface area contributed by atoms with E-state index in [-0.39, 0.29) is 12.4 Å². The Kier molecular flexibility index (Phi) is 5.73. The third kappa shape index (κ3) is 4.59. The molecule has 0 radical (unpaired) electrons. The van der Waals surface area contributed by atoms with Gasteiger partial charge in [-0.2, -0.15) is 0 Å². The number of methoxy groups -OCH3 is 1. The van der Waals surface area contributed by atoms with Crippen LogP contribution in [0.1, 0.15) is 50.0 Å². The number of unbranched alkanes of at least 4 members (excludes halogenated alkanes) is 3. The highest BCUT2D eigenvalue weighted by Crippen LogP contribution is 2.14. The van der Waals surface area contributed by atoms with Crippen molar-refractivity contribution in [2.75, 3.05) is 7.11 Å². The zero-order valence-electron chi connectivity index (χ0n) is 10.9. The average Bonchev–Trinajstić information content (AvgIpc) is 2.65. The molecule has 0 aliphatic carbocycles. The second-order valence-electron chi connectivity index (χ2n) is 4.17. The van der Waals surface area contributed by atoms with Crippen LogP contribution < -0.4 is 0 Å². The standard InChI is InChI=1S/C13H21NO3/c1-4-5-6-7-8-12-14-11(10(2)17-12)9-13(15)16-3/h4-9H2,1-3H3. The van der Waals surface area contributed by atoms with Gasteiger partial charge in [-0.05, 0) is 13.3 Å². The summed E-state index contributed by atoms with van der Waals surface area (Å²) in [6, 6.07) is 0. The van der Waals surface area contributed by atoms with Gasteiger partial charge in [0.05, 0.1) is 19.2 Å². The van der Waals surface area contributed by atoms with E-state index in [0.29, 0.717) is 5.69 Å². The largest absolute Gasteiger partial charge is 0.469 e. The number of rotatable bonds is 7. The van der Waals surface area contributed by atoms with Crippen molar-refractivity contribution in [3.05, 3.63) is 17.3 Å². The highest BCUT2D eigenvalue weighted by atomic mass is 16.5. The quantitative estimate of drug-likeness (QED) is 0.542. The molecule has 0 N–H and O–H groups in total. The lowest BCUT2D eigenvalue weighted by Crippen LogP contribution is -2.05. The van der Waals surface area contributed by atoms with Gasteiger partial charge in [0, 0.05) is 6.42 Å². The van der Waals surface area contributed by atoms with E-state index >= 15 is 0 Å². The van der Waals surface area contributed by atoms with E-state index < -0.39 is 0 Å². The van der Waals surface area contributed by atoms with Gasteiger partial charge >= 0.3 is 5.97 Å². The molecule has 1 aromatic heterocycles. The van der Waals surface area contributed by atoms with E-state index in [1.165, 1.54) is 26.4 Å². The molecule has 4 heteroatoms. The lowest BCUT2D eigenvalue weighted by molar-refractivity contribution is -0.139. The molecule has 0 unspecified atom stereocenters. The van der Waals surface area contributed by atoms with Crippen LogP contribution in [0.2, 0.25) is 0 Å². The molecule has 1 aromatic rings. The summed E-state index contributed by atoms with van der Waals surface area (Å²) in [6.45, 7) is 4.02. The van der Waals surface area contributed by atoms with Crippen molar-refractivity contribution >= 4 is 5.97 Å². The van der Waals surface area contributed by atoms with Gasteiger partial charge in [-0.1, -0.05) is 26.2 Å². The van der Waals surface area contributed by atoms with Crippen LogP contribution in [-0.4, -0.2) is 18.1 Å². The molecule has 0 spiro atoms. The number of nitrogens with zero attached hydrogens (tertiary/aromatic N) is 1. The average molecular weight is 239 g/mol. The summed E-state index contributed by atoms with van der Waals surface area (Å²) >= 11 is 0. The Morgan fingerprint density at radius 1 is 1.35 bits per heavy atom. The molecule has 0 amide bonds. The van der Waals surface area contributed by atoms with Crippen molar-refractivity contribution in [2.45, 2.75) is 52.4 Å². The Morgan fingerprint density at radius 2 is 2.12 bits per heavy atom. The first kappa shape index (κ1) is 13.7. The Bertz CT molecular complexity index is 358. The van der Waals surface area contributed by atoms with Crippen LogP contribution in [-0.2, 0) is 22.4 Å². The number of hydrogen-bond donors (Lipinski definition) is 0. The molecular weight excluding hydrogens is 218 g/mol. The van der Waals surface area contributed by atoms with Gasteiger partial charge in [0.1, 0.15) is 5.76 Å². The van der Waals surface area contributed by atoms with E-state index in [2.05, 4.69) is 16.6 Å². The van der Waals surface area contributed by atoms with Crippen LogP contribution in [0.5, 0.6) is 0 Å². The van der Waals surface area contributed by atoms with Gasteiger partial charge in [-0.25, -0.2) is 4.98 Å². The van der Waals surface area contributed by atoms with E-state index in [1.54, 1.807) is 0 Å². The second kappa shape index (κ2) is 7.09. The predicted octanol–water partition coefficient (Wildman–Crippen LogP) is 2.82. The third-order valence-electron chi connectivity index (χ3n) is 2.72. The first-order valence-corrected chi connectivity index (χ1v) is 6.19. The minimum absolute atomic E-state index is 0.195. The minimum Gasteiger partial charge on any atom is -0.469 e. The Hall–Kier alpha value is -1.32. The van der Waals surface area contributed by atoms with Crippen molar-refractivity contribution in [2.24, 2.45) is 0 Å². The smallest absolute Gasteiger partial charge is 0.311 e.